The molecule has 0 spiro atoms. The number of hydrogen-bond donors (Lipinski definition) is 1. The number of amides is 1. The molecule has 0 aliphatic heterocycles. The minimum atomic E-state index is -0.803. The van der Waals surface area contributed by atoms with Gasteiger partial charge in [0.1, 0.15) is 17.4 Å². The Morgan fingerprint density at radius 1 is 1.06 bits per heavy atom. The van der Waals surface area contributed by atoms with Crippen LogP contribution in [0.25, 0.3) is 6.08 Å². The van der Waals surface area contributed by atoms with Crippen molar-refractivity contribution < 1.29 is 19.4 Å². The van der Waals surface area contributed by atoms with Crippen LogP contribution in [0.2, 0.25) is 0 Å². The standard InChI is InChI=1S/C23H14Br2N4O6/c24-17-9-15(8-16(12-26)23(30)27-13-14-4-2-1-3-5-14)22(19(25)10-17)35-21-7-6-18(28(31)32)11-20(21)29(33)34/h1-11H,13H2,(H,27,30)/b16-8+. The minimum absolute atomic E-state index is 0.0637. The molecule has 0 aliphatic carbocycles. The molecule has 1 N–H and O–H groups in total. The molecule has 10 nitrogen and oxygen atoms in total. The third-order valence-electron chi connectivity index (χ3n) is 4.56. The third-order valence-corrected chi connectivity index (χ3v) is 5.61. The Labute approximate surface area is 215 Å². The van der Waals surface area contributed by atoms with Gasteiger partial charge in [0, 0.05) is 22.6 Å². The molecule has 0 bridgehead atoms. The number of hydrogen-bond acceptors (Lipinski definition) is 7. The van der Waals surface area contributed by atoms with Crippen molar-refractivity contribution in [3.05, 3.63) is 107 Å². The molecule has 0 atom stereocenters. The summed E-state index contributed by atoms with van der Waals surface area (Å²) < 4.78 is 6.69. The molecule has 0 saturated carbocycles. The first-order chi connectivity index (χ1) is 16.7. The lowest BCUT2D eigenvalue weighted by Gasteiger charge is -2.13. The van der Waals surface area contributed by atoms with E-state index in [0.717, 1.165) is 23.8 Å². The van der Waals surface area contributed by atoms with Gasteiger partial charge in [-0.05, 0) is 45.8 Å². The molecule has 3 rings (SSSR count). The van der Waals surface area contributed by atoms with E-state index in [1.807, 2.05) is 36.4 Å². The second kappa shape index (κ2) is 11.4. The lowest BCUT2D eigenvalue weighted by Crippen LogP contribution is -2.23. The summed E-state index contributed by atoms with van der Waals surface area (Å²) >= 11 is 6.64. The first-order valence-corrected chi connectivity index (χ1v) is 11.3. The van der Waals surface area contributed by atoms with Crippen molar-refractivity contribution in [2.24, 2.45) is 0 Å². The van der Waals surface area contributed by atoms with Crippen molar-refractivity contribution >= 4 is 55.2 Å². The molecule has 35 heavy (non-hydrogen) atoms. The summed E-state index contributed by atoms with van der Waals surface area (Å²) in [5.41, 5.74) is -0.219. The van der Waals surface area contributed by atoms with Gasteiger partial charge in [-0.15, -0.1) is 0 Å². The quantitative estimate of drug-likeness (QED) is 0.143. The highest BCUT2D eigenvalue weighted by Crippen LogP contribution is 2.41. The fraction of sp³-hybridized carbons (Fsp3) is 0.0435. The highest BCUT2D eigenvalue weighted by molar-refractivity contribution is 9.11. The second-order valence-corrected chi connectivity index (χ2v) is 8.68. The molecular formula is C23H14Br2N4O6. The van der Waals surface area contributed by atoms with Crippen molar-refractivity contribution in [2.75, 3.05) is 0 Å². The lowest BCUT2D eigenvalue weighted by atomic mass is 10.1. The average molecular weight is 602 g/mol. The number of benzene rings is 3. The number of carbonyl (C=O) groups is 1. The predicted octanol–water partition coefficient (Wildman–Crippen LogP) is 6.04. The first-order valence-electron chi connectivity index (χ1n) is 9.73. The molecule has 0 heterocycles. The Balaban J connectivity index is 1.98. The largest absolute Gasteiger partial charge is 0.448 e. The van der Waals surface area contributed by atoms with Crippen LogP contribution < -0.4 is 10.1 Å². The van der Waals surface area contributed by atoms with Gasteiger partial charge in [0.25, 0.3) is 11.6 Å². The van der Waals surface area contributed by atoms with Crippen LogP contribution in [0.5, 0.6) is 11.5 Å². The molecule has 0 fully saturated rings. The van der Waals surface area contributed by atoms with Crippen molar-refractivity contribution in [3.8, 4) is 17.6 Å². The smallest absolute Gasteiger partial charge is 0.318 e. The zero-order valence-electron chi connectivity index (χ0n) is 17.6. The number of nitrogens with one attached hydrogen (secondary N) is 1. The van der Waals surface area contributed by atoms with Gasteiger partial charge in [-0.3, -0.25) is 25.0 Å². The second-order valence-electron chi connectivity index (χ2n) is 6.91. The Kier molecular flexibility index (Phi) is 8.30. The Morgan fingerprint density at radius 2 is 1.77 bits per heavy atom. The Morgan fingerprint density at radius 3 is 2.40 bits per heavy atom. The summed E-state index contributed by atoms with van der Waals surface area (Å²) in [5.74, 6) is -0.821. The summed E-state index contributed by atoms with van der Waals surface area (Å²) in [4.78, 5) is 33.6. The van der Waals surface area contributed by atoms with Gasteiger partial charge in [0.05, 0.1) is 20.4 Å². The zero-order valence-corrected chi connectivity index (χ0v) is 20.8. The van der Waals surface area contributed by atoms with E-state index in [0.29, 0.717) is 8.95 Å². The van der Waals surface area contributed by atoms with Gasteiger partial charge in [0.15, 0.2) is 0 Å². The third kappa shape index (κ3) is 6.50. The number of non-ortho nitro benzene ring substituents is 1. The molecule has 3 aromatic carbocycles. The highest BCUT2D eigenvalue weighted by Gasteiger charge is 2.23. The van der Waals surface area contributed by atoms with Crippen LogP contribution in [0, 0.1) is 31.6 Å². The van der Waals surface area contributed by atoms with E-state index in [1.54, 1.807) is 12.1 Å². The maximum atomic E-state index is 12.6. The summed E-state index contributed by atoms with van der Waals surface area (Å²) in [6.07, 6.45) is 1.28. The van der Waals surface area contributed by atoms with Crippen LogP contribution in [0.1, 0.15) is 11.1 Å². The van der Waals surface area contributed by atoms with Crippen molar-refractivity contribution in [2.45, 2.75) is 6.54 Å². The van der Waals surface area contributed by atoms with Crippen LogP contribution in [-0.2, 0) is 11.3 Å². The number of nitrogens with zero attached hydrogens (tertiary/aromatic N) is 3. The number of nitro groups is 2. The van der Waals surface area contributed by atoms with Crippen LogP contribution in [0.15, 0.2) is 75.2 Å². The van der Waals surface area contributed by atoms with Gasteiger partial charge in [0.2, 0.25) is 5.75 Å². The fourth-order valence-electron chi connectivity index (χ4n) is 2.93. The van der Waals surface area contributed by atoms with Gasteiger partial charge in [-0.25, -0.2) is 0 Å². The molecule has 0 aliphatic rings. The molecule has 0 aromatic heterocycles. The predicted molar refractivity (Wildman–Crippen MR) is 134 cm³/mol. The van der Waals surface area contributed by atoms with Crippen LogP contribution in [0.3, 0.4) is 0 Å². The Hall–Kier alpha value is -4.08. The van der Waals surface area contributed by atoms with Crippen molar-refractivity contribution in [1.29, 1.82) is 5.26 Å². The highest BCUT2D eigenvalue weighted by atomic mass is 79.9. The van der Waals surface area contributed by atoms with Gasteiger partial charge in [-0.1, -0.05) is 46.3 Å². The van der Waals surface area contributed by atoms with E-state index >= 15 is 0 Å². The van der Waals surface area contributed by atoms with Crippen molar-refractivity contribution in [1.82, 2.24) is 5.32 Å². The summed E-state index contributed by atoms with van der Waals surface area (Å²) in [6, 6.07) is 17.1. The minimum Gasteiger partial charge on any atom is -0.448 e. The normalized spacial score (nSPS) is 10.8. The maximum Gasteiger partial charge on any atom is 0.318 e. The maximum absolute atomic E-state index is 12.6. The molecular weight excluding hydrogens is 588 g/mol. The van der Waals surface area contributed by atoms with Crippen LogP contribution >= 0.6 is 31.9 Å². The SMILES string of the molecule is N#C/C(=C\c1cc(Br)cc(Br)c1Oc1ccc([N+](=O)[O-])cc1[N+](=O)[O-])C(=O)NCc1ccccc1. The van der Waals surface area contributed by atoms with Crippen LogP contribution in [-0.4, -0.2) is 15.8 Å². The zero-order chi connectivity index (χ0) is 25.5. The summed E-state index contributed by atoms with van der Waals surface area (Å²) in [7, 11) is 0. The number of nitro benzene ring substituents is 2. The number of halogens is 2. The van der Waals surface area contributed by atoms with E-state index in [1.165, 1.54) is 6.08 Å². The van der Waals surface area contributed by atoms with Gasteiger partial charge >= 0.3 is 5.69 Å². The number of rotatable bonds is 8. The first kappa shape index (κ1) is 25.5. The van der Waals surface area contributed by atoms with E-state index < -0.39 is 27.1 Å². The number of ether oxygens (including phenoxy) is 1. The van der Waals surface area contributed by atoms with E-state index in [2.05, 4.69) is 37.2 Å². The molecule has 0 unspecified atom stereocenters. The topological polar surface area (TPSA) is 148 Å². The number of nitriles is 1. The lowest BCUT2D eigenvalue weighted by molar-refractivity contribution is -0.394. The van der Waals surface area contributed by atoms with Gasteiger partial charge in [-0.2, -0.15) is 5.26 Å². The fourth-order valence-corrected chi connectivity index (χ4v) is 4.27. The number of carbonyl (C=O) groups excluding carboxylic acids is 1. The van der Waals surface area contributed by atoms with Crippen LogP contribution in [0.4, 0.5) is 11.4 Å². The monoisotopic (exact) mass is 600 g/mol. The molecule has 3 aromatic rings. The Bertz CT molecular complexity index is 1390. The van der Waals surface area contributed by atoms with E-state index in [9.17, 15) is 30.3 Å². The molecule has 0 radical (unpaired) electrons. The summed E-state index contributed by atoms with van der Waals surface area (Å²) in [6.45, 7) is 0.208. The van der Waals surface area contributed by atoms with E-state index in [-0.39, 0.29) is 29.2 Å². The average Bonchev–Trinajstić information content (AvgIpc) is 2.83. The molecule has 176 valence electrons. The molecule has 1 amide bonds. The summed E-state index contributed by atoms with van der Waals surface area (Å²) in [5, 5.41) is 34.7. The van der Waals surface area contributed by atoms with Crippen molar-refractivity contribution in [3.63, 3.8) is 0 Å². The van der Waals surface area contributed by atoms with Gasteiger partial charge < -0.3 is 10.1 Å². The van der Waals surface area contributed by atoms with E-state index in [4.69, 9.17) is 4.74 Å². The molecule has 12 heteroatoms. The molecule has 0 saturated heterocycles.